The van der Waals surface area contributed by atoms with Crippen LogP contribution in [0.3, 0.4) is 0 Å². The van der Waals surface area contributed by atoms with Gasteiger partial charge in [-0.1, -0.05) is 19.1 Å². The normalized spacial score (nSPS) is 18.9. The summed E-state index contributed by atoms with van der Waals surface area (Å²) in [6.45, 7) is 6.04. The summed E-state index contributed by atoms with van der Waals surface area (Å²) in [6, 6.07) is 10.5. The number of nitrogens with zero attached hydrogens (tertiary/aromatic N) is 3. The molecule has 8 heteroatoms. The largest absolute Gasteiger partial charge is 0.451 e. The van der Waals surface area contributed by atoms with Gasteiger partial charge in [0.25, 0.3) is 0 Å². The highest BCUT2D eigenvalue weighted by atomic mass is 19.1. The van der Waals surface area contributed by atoms with Crippen molar-refractivity contribution in [3.05, 3.63) is 65.2 Å². The molecule has 1 atom stereocenters. The molecule has 0 bridgehead atoms. The second-order valence-corrected chi connectivity index (χ2v) is 7.57. The third kappa shape index (κ3) is 4.14. The number of carbonyl (C=O) groups excluding carboxylic acids is 1. The minimum Gasteiger partial charge on any atom is -0.451 e. The van der Waals surface area contributed by atoms with Gasteiger partial charge in [0, 0.05) is 29.9 Å². The maximum atomic E-state index is 14.9. The highest BCUT2D eigenvalue weighted by Crippen LogP contribution is 2.26. The fourth-order valence-electron chi connectivity index (χ4n) is 3.63. The molecule has 2 heterocycles. The Morgan fingerprint density at radius 2 is 2.07 bits per heavy atom. The van der Waals surface area contributed by atoms with Crippen molar-refractivity contribution in [1.82, 2.24) is 10.3 Å². The molecule has 2 aliphatic heterocycles. The van der Waals surface area contributed by atoms with Gasteiger partial charge in [-0.2, -0.15) is 0 Å². The molecule has 30 heavy (non-hydrogen) atoms. The quantitative estimate of drug-likeness (QED) is 0.789. The van der Waals surface area contributed by atoms with Crippen LogP contribution in [0.5, 0.6) is 0 Å². The lowest BCUT2D eigenvalue weighted by Crippen LogP contribution is -2.54. The summed E-state index contributed by atoms with van der Waals surface area (Å²) in [5, 5.41) is 4.03. The number of amides is 1. The van der Waals surface area contributed by atoms with Crippen molar-refractivity contribution in [3.63, 3.8) is 0 Å². The van der Waals surface area contributed by atoms with E-state index < -0.39 is 11.6 Å². The van der Waals surface area contributed by atoms with E-state index in [1.165, 1.54) is 23.1 Å². The minimum absolute atomic E-state index is 0.0129. The number of likely N-dealkylation sites (tertiary alicyclic amines) is 1. The van der Waals surface area contributed by atoms with Gasteiger partial charge in [-0.15, -0.1) is 5.10 Å². The van der Waals surface area contributed by atoms with E-state index >= 15 is 0 Å². The topological polar surface area (TPSA) is 57.2 Å². The van der Waals surface area contributed by atoms with Crippen LogP contribution in [0.4, 0.5) is 14.5 Å². The molecule has 0 spiro atoms. The van der Waals surface area contributed by atoms with E-state index in [1.54, 1.807) is 31.2 Å². The Balaban J connectivity index is 1.58. The van der Waals surface area contributed by atoms with E-state index in [-0.39, 0.29) is 24.6 Å². The third-order valence-corrected chi connectivity index (χ3v) is 5.40. The Bertz CT molecular complexity index is 975. The fourth-order valence-corrected chi connectivity index (χ4v) is 3.63. The molecule has 0 aliphatic carbocycles. The van der Waals surface area contributed by atoms with Gasteiger partial charge in [0.1, 0.15) is 11.6 Å². The maximum Gasteiger partial charge on any atom is 0.240 e. The van der Waals surface area contributed by atoms with Gasteiger partial charge < -0.3 is 14.5 Å². The predicted molar refractivity (Wildman–Crippen MR) is 110 cm³/mol. The number of benzene rings is 2. The number of hydrogen-bond donors (Lipinski definition) is 1. The van der Waals surface area contributed by atoms with Gasteiger partial charge >= 0.3 is 0 Å². The Hall–Kier alpha value is -3.00. The van der Waals surface area contributed by atoms with Crippen molar-refractivity contribution in [3.8, 4) is 0 Å². The Labute approximate surface area is 174 Å². The first kappa shape index (κ1) is 20.3. The van der Waals surface area contributed by atoms with Crippen molar-refractivity contribution < 1.29 is 18.3 Å². The lowest BCUT2D eigenvalue weighted by molar-refractivity contribution is -0.127. The molecule has 1 amide bonds. The number of nitrogens with one attached hydrogen (secondary N) is 1. The van der Waals surface area contributed by atoms with E-state index in [4.69, 9.17) is 4.74 Å². The number of halogens is 2. The number of anilines is 1. The summed E-state index contributed by atoms with van der Waals surface area (Å²) >= 11 is 0. The highest BCUT2D eigenvalue weighted by Gasteiger charge is 2.35. The number of carbonyl (C=O) groups is 1. The number of hydrazone groups is 1. The first-order chi connectivity index (χ1) is 14.4. The molecular weight excluding hydrogens is 390 g/mol. The van der Waals surface area contributed by atoms with Crippen molar-refractivity contribution in [2.24, 2.45) is 11.0 Å². The number of ether oxygens (including phenoxy) is 1. The molecule has 0 radical (unpaired) electrons. The summed E-state index contributed by atoms with van der Waals surface area (Å²) in [5.41, 5.74) is 4.02. The minimum atomic E-state index is -0.476. The van der Waals surface area contributed by atoms with Crippen LogP contribution in [0.1, 0.15) is 25.0 Å². The van der Waals surface area contributed by atoms with Gasteiger partial charge in [-0.25, -0.2) is 8.78 Å². The summed E-state index contributed by atoms with van der Waals surface area (Å²) in [7, 11) is 0. The molecule has 1 saturated heterocycles. The van der Waals surface area contributed by atoms with Crippen LogP contribution < -0.4 is 10.3 Å². The van der Waals surface area contributed by atoms with Gasteiger partial charge in [-0.05, 0) is 43.8 Å². The molecule has 1 fully saturated rings. The summed E-state index contributed by atoms with van der Waals surface area (Å²) in [4.78, 5) is 16.7. The monoisotopic (exact) mass is 414 g/mol. The molecule has 0 aromatic heterocycles. The van der Waals surface area contributed by atoms with Gasteiger partial charge in [-0.3, -0.25) is 10.2 Å². The van der Waals surface area contributed by atoms with Crippen molar-refractivity contribution >= 4 is 17.5 Å². The zero-order valence-corrected chi connectivity index (χ0v) is 16.9. The van der Waals surface area contributed by atoms with Crippen LogP contribution in [0.2, 0.25) is 0 Å². The SMILES string of the molecule is CCN1CC(C(=O)N(Cc2ccc(C3=NNC(C)O3)cc2F)c2cccc(F)c2)C1. The predicted octanol–water partition coefficient (Wildman–Crippen LogP) is 3.08. The summed E-state index contributed by atoms with van der Waals surface area (Å²) in [6.07, 6.45) is -0.269. The zero-order chi connectivity index (χ0) is 21.3. The van der Waals surface area contributed by atoms with Crippen LogP contribution in [-0.4, -0.2) is 42.6 Å². The molecule has 2 aliphatic rings. The second kappa shape index (κ2) is 8.39. The average molecular weight is 414 g/mol. The van der Waals surface area contributed by atoms with Crippen LogP contribution >= 0.6 is 0 Å². The first-order valence-electron chi connectivity index (χ1n) is 10.0. The molecule has 4 rings (SSSR count). The smallest absolute Gasteiger partial charge is 0.240 e. The highest BCUT2D eigenvalue weighted by molar-refractivity contribution is 5.96. The van der Waals surface area contributed by atoms with Gasteiger partial charge in [0.2, 0.25) is 11.8 Å². The van der Waals surface area contributed by atoms with Crippen LogP contribution in [0.15, 0.2) is 47.6 Å². The van der Waals surface area contributed by atoms with Crippen LogP contribution in [-0.2, 0) is 16.1 Å². The van der Waals surface area contributed by atoms with E-state index in [1.807, 2.05) is 6.92 Å². The number of rotatable bonds is 6. The molecule has 6 nitrogen and oxygen atoms in total. The maximum absolute atomic E-state index is 14.9. The van der Waals surface area contributed by atoms with Gasteiger partial charge in [0.05, 0.1) is 12.5 Å². The Morgan fingerprint density at radius 3 is 2.70 bits per heavy atom. The van der Waals surface area contributed by atoms with Crippen LogP contribution in [0.25, 0.3) is 0 Å². The third-order valence-electron chi connectivity index (χ3n) is 5.40. The molecule has 1 unspecified atom stereocenters. The molecule has 0 saturated carbocycles. The van der Waals surface area contributed by atoms with Crippen LogP contribution in [0, 0.1) is 17.6 Å². The second-order valence-electron chi connectivity index (χ2n) is 7.57. The number of hydrogen-bond acceptors (Lipinski definition) is 5. The molecule has 1 N–H and O–H groups in total. The molecule has 2 aromatic carbocycles. The Kier molecular flexibility index (Phi) is 5.67. The van der Waals surface area contributed by atoms with Crippen molar-refractivity contribution in [2.75, 3.05) is 24.5 Å². The molecule has 2 aromatic rings. The van der Waals surface area contributed by atoms with E-state index in [0.29, 0.717) is 35.8 Å². The van der Waals surface area contributed by atoms with Gasteiger partial charge in [0.15, 0.2) is 6.23 Å². The average Bonchev–Trinajstić information content (AvgIpc) is 3.12. The van der Waals surface area contributed by atoms with Crippen molar-refractivity contribution in [2.45, 2.75) is 26.6 Å². The van der Waals surface area contributed by atoms with E-state index in [2.05, 4.69) is 15.4 Å². The zero-order valence-electron chi connectivity index (χ0n) is 16.9. The molecular formula is C22H24F2N4O2. The summed E-state index contributed by atoms with van der Waals surface area (Å²) < 4.78 is 34.2. The first-order valence-corrected chi connectivity index (χ1v) is 10.0. The molecule has 158 valence electrons. The van der Waals surface area contributed by atoms with Crippen molar-refractivity contribution in [1.29, 1.82) is 0 Å². The fraction of sp³-hybridized carbons (Fsp3) is 0.364. The lowest BCUT2D eigenvalue weighted by atomic mass is 9.97. The Morgan fingerprint density at radius 1 is 1.27 bits per heavy atom. The van der Waals surface area contributed by atoms with E-state index in [0.717, 1.165) is 6.54 Å². The summed E-state index contributed by atoms with van der Waals surface area (Å²) in [5.74, 6) is -0.904. The lowest BCUT2D eigenvalue weighted by Gasteiger charge is -2.40. The standard InChI is InChI=1S/C22H24F2N4O2/c1-3-27-11-17(12-27)22(29)28(19-6-4-5-18(23)10-19)13-16-8-7-15(9-20(16)24)21-26-25-14(2)30-21/h4-10,14,17,25H,3,11-13H2,1-2H3. The van der Waals surface area contributed by atoms with E-state index in [9.17, 15) is 13.6 Å².